The Bertz CT molecular complexity index is 2900. The summed E-state index contributed by atoms with van der Waals surface area (Å²) in [7, 11) is 4.99. The van der Waals surface area contributed by atoms with Gasteiger partial charge in [0.05, 0.1) is 25.8 Å². The van der Waals surface area contributed by atoms with E-state index in [1.54, 1.807) is 50.2 Å². The molecule has 16 nitrogen and oxygen atoms in total. The molecule has 0 spiro atoms. The van der Waals surface area contributed by atoms with Gasteiger partial charge in [-0.05, 0) is 112 Å². The number of amides is 6. The van der Waals surface area contributed by atoms with E-state index in [4.69, 9.17) is 21.3 Å². The number of hydrogen-bond donors (Lipinski definition) is 5. The highest BCUT2D eigenvalue weighted by Gasteiger charge is 2.41. The Kier molecular flexibility index (Phi) is 19.6. The molecule has 0 bridgehead atoms. The maximum absolute atomic E-state index is 14.3. The number of ether oxygens (including phenoxy) is 1. The number of hydrogen-bond acceptors (Lipinski definition) is 11. The van der Waals surface area contributed by atoms with E-state index < -0.39 is 18.1 Å². The van der Waals surface area contributed by atoms with Crippen LogP contribution in [0.15, 0.2) is 97.2 Å². The molecule has 1 unspecified atom stereocenters. The maximum atomic E-state index is 14.3. The molecule has 3 fully saturated rings. The number of rotatable bonds is 22. The largest absolute Gasteiger partial charge is 0.495 e. The number of thiazole rings is 1. The molecule has 6 amide bonds. The van der Waals surface area contributed by atoms with Crippen molar-refractivity contribution < 1.29 is 33.5 Å². The van der Waals surface area contributed by atoms with Crippen LogP contribution in [0.2, 0.25) is 5.02 Å². The molecular weight excluding hydrogens is 1010 g/mol. The number of aromatic nitrogens is 2. The quantitative estimate of drug-likeness (QED) is 0.0445. The van der Waals surface area contributed by atoms with E-state index in [0.717, 1.165) is 83.6 Å². The Morgan fingerprint density at radius 3 is 2.40 bits per heavy atom. The summed E-state index contributed by atoms with van der Waals surface area (Å²) in [4.78, 5) is 93.9. The molecule has 2 aliphatic carbocycles. The van der Waals surface area contributed by atoms with Crippen molar-refractivity contribution >= 4 is 74.6 Å². The molecule has 1 aliphatic heterocycles. The van der Waals surface area contributed by atoms with Crippen LogP contribution in [0.25, 0.3) is 17.3 Å². The average molecular weight is 1080 g/mol. The molecule has 5 N–H and O–H groups in total. The van der Waals surface area contributed by atoms with Gasteiger partial charge in [0.1, 0.15) is 34.2 Å². The van der Waals surface area contributed by atoms with Crippen molar-refractivity contribution in [2.75, 3.05) is 44.9 Å². The average Bonchev–Trinajstić information content (AvgIpc) is 4.10. The lowest BCUT2D eigenvalue weighted by atomic mass is 9.71. The molecule has 2 saturated carbocycles. The minimum Gasteiger partial charge on any atom is -0.495 e. The van der Waals surface area contributed by atoms with Gasteiger partial charge in [-0.2, -0.15) is 0 Å². The number of carbonyl (C=O) groups excluding carboxylic acids is 6. The predicted molar refractivity (Wildman–Crippen MR) is 301 cm³/mol. The summed E-state index contributed by atoms with van der Waals surface area (Å²) >= 11 is 7.21. The van der Waals surface area contributed by atoms with Crippen LogP contribution in [-0.2, 0) is 36.9 Å². The van der Waals surface area contributed by atoms with Crippen molar-refractivity contribution in [3.8, 4) is 17.0 Å². The number of likely N-dealkylation sites (tertiary alicyclic amines) is 1. The smallest absolute Gasteiger partial charge is 0.270 e. The van der Waals surface area contributed by atoms with Gasteiger partial charge in [-0.15, -0.1) is 0 Å². The molecule has 0 radical (unpaired) electrons. The second kappa shape index (κ2) is 26.9. The van der Waals surface area contributed by atoms with E-state index in [-0.39, 0.29) is 66.4 Å². The zero-order valence-electron chi connectivity index (χ0n) is 44.3. The second-order valence-corrected chi connectivity index (χ2v) is 21.9. The third-order valence-corrected chi connectivity index (χ3v) is 16.2. The van der Waals surface area contributed by atoms with Crippen LogP contribution in [0.1, 0.15) is 116 Å². The summed E-state index contributed by atoms with van der Waals surface area (Å²) in [6.45, 7) is 2.73. The van der Waals surface area contributed by atoms with E-state index in [9.17, 15) is 28.8 Å². The fraction of sp³-hybridized carbons (Fsp3) is 0.424. The van der Waals surface area contributed by atoms with Crippen molar-refractivity contribution in [2.24, 2.45) is 11.8 Å². The predicted octanol–water partition coefficient (Wildman–Crippen LogP) is 9.03. The Hall–Kier alpha value is -6.95. The number of nitrogens with zero attached hydrogens (tertiary/aromatic N) is 4. The molecular formula is C59H70ClN9O7S. The minimum atomic E-state index is -0.744. The fourth-order valence-electron chi connectivity index (χ4n) is 10.3. The van der Waals surface area contributed by atoms with E-state index in [0.29, 0.717) is 65.8 Å². The maximum Gasteiger partial charge on any atom is 0.270 e. The number of pyridine rings is 1. The number of halogens is 1. The molecule has 3 aliphatic rings. The lowest BCUT2D eigenvalue weighted by Gasteiger charge is -2.35. The monoisotopic (exact) mass is 1080 g/mol. The van der Waals surface area contributed by atoms with Crippen molar-refractivity contribution in [2.45, 2.75) is 115 Å². The molecule has 3 aromatic carbocycles. The number of carbonyl (C=O) groups is 6. The molecule has 8 rings (SSSR count). The zero-order valence-corrected chi connectivity index (χ0v) is 45.9. The van der Waals surface area contributed by atoms with Gasteiger partial charge in [0, 0.05) is 49.3 Å². The fourth-order valence-corrected chi connectivity index (χ4v) is 11.4. The molecule has 77 heavy (non-hydrogen) atoms. The summed E-state index contributed by atoms with van der Waals surface area (Å²) in [5.41, 5.74) is 5.17. The molecule has 5 aromatic rings. The van der Waals surface area contributed by atoms with Gasteiger partial charge in [-0.1, -0.05) is 121 Å². The number of likely N-dealkylation sites (N-methyl/N-ethyl adjacent to an activating group) is 2. The number of anilines is 2. The first-order valence-electron chi connectivity index (χ1n) is 26.8. The first kappa shape index (κ1) is 56.3. The van der Waals surface area contributed by atoms with Crippen LogP contribution in [0.3, 0.4) is 0 Å². The van der Waals surface area contributed by atoms with E-state index in [1.165, 1.54) is 5.56 Å². The summed E-state index contributed by atoms with van der Waals surface area (Å²) in [6.07, 6.45) is 14.3. The minimum absolute atomic E-state index is 0.00783. The third kappa shape index (κ3) is 15.0. The summed E-state index contributed by atoms with van der Waals surface area (Å²) in [5, 5.41) is 16.4. The second-order valence-electron chi connectivity index (χ2n) is 20.4. The van der Waals surface area contributed by atoms with E-state index in [2.05, 4.69) is 49.8 Å². The number of allylic oxidation sites excluding steroid dienone is 1. The Balaban J connectivity index is 0.808. The Labute approximate surface area is 460 Å². The highest BCUT2D eigenvalue weighted by molar-refractivity contribution is 7.20. The van der Waals surface area contributed by atoms with Crippen molar-refractivity contribution in [1.29, 1.82) is 0 Å². The van der Waals surface area contributed by atoms with Crippen LogP contribution < -0.4 is 31.3 Å². The van der Waals surface area contributed by atoms with E-state index >= 15 is 0 Å². The SMILES string of the molecule is CN[C@@H](C)C(=O)NC(C(=O)N1CCC[C@H]1C(=O)Nc1sc(NC(=O)CCCN(C)C(=O)Cc2cccc(CNC(=O)c3cc(/C=C/C4CC(c5ccc(Cl)cc5)C4)c(OC)cn3)c2)nc1-c1ccccc1)C1CCCCC1. The van der Waals surface area contributed by atoms with Gasteiger partial charge in [0.25, 0.3) is 5.91 Å². The molecule has 1 saturated heterocycles. The summed E-state index contributed by atoms with van der Waals surface area (Å²) in [6, 6.07) is 24.7. The third-order valence-electron chi connectivity index (χ3n) is 15.0. The number of nitrogens with one attached hydrogen (secondary N) is 5. The van der Waals surface area contributed by atoms with Gasteiger partial charge >= 0.3 is 0 Å². The van der Waals surface area contributed by atoms with Crippen LogP contribution in [-0.4, -0.2) is 108 Å². The van der Waals surface area contributed by atoms with Crippen LogP contribution >= 0.6 is 22.9 Å². The van der Waals surface area contributed by atoms with Crippen molar-refractivity contribution in [3.05, 3.63) is 130 Å². The summed E-state index contributed by atoms with van der Waals surface area (Å²) < 4.78 is 5.55. The summed E-state index contributed by atoms with van der Waals surface area (Å²) in [5.74, 6) is -0.101. The van der Waals surface area contributed by atoms with Crippen LogP contribution in [0, 0.1) is 11.8 Å². The molecule has 3 heterocycles. The lowest BCUT2D eigenvalue weighted by Crippen LogP contribution is -2.57. The molecule has 3 atom stereocenters. The normalized spacial score (nSPS) is 18.2. The Morgan fingerprint density at radius 1 is 0.909 bits per heavy atom. The van der Waals surface area contributed by atoms with Gasteiger partial charge in [-0.3, -0.25) is 28.8 Å². The first-order chi connectivity index (χ1) is 37.3. The van der Waals surface area contributed by atoms with Gasteiger partial charge < -0.3 is 41.1 Å². The molecule has 406 valence electrons. The van der Waals surface area contributed by atoms with Crippen LogP contribution in [0.4, 0.5) is 10.1 Å². The first-order valence-corrected chi connectivity index (χ1v) is 28.0. The van der Waals surface area contributed by atoms with Crippen LogP contribution in [0.5, 0.6) is 5.75 Å². The van der Waals surface area contributed by atoms with Gasteiger partial charge in [-0.25, -0.2) is 9.97 Å². The van der Waals surface area contributed by atoms with E-state index in [1.807, 2.05) is 72.8 Å². The zero-order chi connectivity index (χ0) is 54.4. The molecule has 18 heteroatoms. The van der Waals surface area contributed by atoms with Crippen molar-refractivity contribution in [1.82, 2.24) is 35.7 Å². The Morgan fingerprint density at radius 2 is 1.66 bits per heavy atom. The lowest BCUT2D eigenvalue weighted by molar-refractivity contribution is -0.142. The topological polar surface area (TPSA) is 204 Å². The van der Waals surface area contributed by atoms with Gasteiger partial charge in [0.2, 0.25) is 29.5 Å². The number of methoxy groups -OCH3 is 1. The number of benzene rings is 3. The highest BCUT2D eigenvalue weighted by Crippen LogP contribution is 2.43. The van der Waals surface area contributed by atoms with Crippen molar-refractivity contribution in [3.63, 3.8) is 0 Å². The highest BCUT2D eigenvalue weighted by atomic mass is 35.5. The standard InChI is InChI=1S/C59H70ClN9O7S/c1-37(61-2)54(72)65-53(43-18-9-6-10-19-43)58(75)69-29-12-20-48(69)56(74)67-57-52(42-16-7-5-8-17-42)66-59(77-57)64-50(70)21-13-28-68(3)51(71)33-38-14-11-15-40(30-38)35-63-55(73)47-34-44(49(76-4)36-62-47)23-22-39-31-45(32-39)41-24-26-46(60)27-25-41/h5,7-8,11,14-17,22-27,30,34,36-37,39,43,45,48,53,61H,6,9-10,12-13,18-21,28-29,31-33,35H2,1-4H3,(H,63,73)(H,65,72)(H,67,74)(H,64,66,70)/b23-22+/t37-,39?,45?,48-,53?/m0/s1. The van der Waals surface area contributed by atoms with Gasteiger partial charge in [0.15, 0.2) is 5.13 Å². The molecule has 2 aromatic heterocycles.